The van der Waals surface area contributed by atoms with Crippen LogP contribution in [0, 0.1) is 0 Å². The first kappa shape index (κ1) is 16.8. The summed E-state index contributed by atoms with van der Waals surface area (Å²) in [6.45, 7) is 2.75. The highest BCUT2D eigenvalue weighted by atomic mass is 16.7. The van der Waals surface area contributed by atoms with Crippen LogP contribution in [-0.2, 0) is 11.8 Å². The zero-order valence-corrected chi connectivity index (χ0v) is 15.1. The lowest BCUT2D eigenvalue weighted by Crippen LogP contribution is -2.44. The molecule has 1 fully saturated rings. The molecule has 0 spiro atoms. The number of hydrogen-bond acceptors (Lipinski definition) is 5. The summed E-state index contributed by atoms with van der Waals surface area (Å²) in [5, 5.41) is 4.25. The van der Waals surface area contributed by atoms with Crippen LogP contribution in [-0.4, -0.2) is 40.0 Å². The van der Waals surface area contributed by atoms with Gasteiger partial charge in [-0.05, 0) is 38.3 Å². The lowest BCUT2D eigenvalue weighted by atomic mass is 9.97. The van der Waals surface area contributed by atoms with Crippen molar-refractivity contribution in [3.05, 3.63) is 36.2 Å². The smallest absolute Gasteiger partial charge is 0.263 e. The maximum absolute atomic E-state index is 13.0. The highest BCUT2D eigenvalue weighted by molar-refractivity contribution is 5.81. The van der Waals surface area contributed by atoms with Gasteiger partial charge in [0.1, 0.15) is 5.75 Å². The average molecular weight is 357 g/mol. The average Bonchev–Trinajstić information content (AvgIpc) is 3.29. The Morgan fingerprint density at radius 1 is 1.31 bits per heavy atom. The molecule has 0 unspecified atom stereocenters. The van der Waals surface area contributed by atoms with Crippen molar-refractivity contribution in [3.8, 4) is 17.2 Å². The molecule has 0 bridgehead atoms. The highest BCUT2D eigenvalue weighted by Gasteiger charge is 2.32. The Balaban J connectivity index is 1.48. The molecule has 2 aliphatic rings. The second kappa shape index (κ2) is 6.90. The number of amides is 1. The fourth-order valence-electron chi connectivity index (χ4n) is 3.59. The maximum Gasteiger partial charge on any atom is 0.263 e. The number of nitrogens with zero attached hydrogens (tertiary/aromatic N) is 3. The maximum atomic E-state index is 13.0. The summed E-state index contributed by atoms with van der Waals surface area (Å²) in [5.41, 5.74) is 1.08. The van der Waals surface area contributed by atoms with E-state index in [1.165, 1.54) is 0 Å². The molecule has 3 heterocycles. The molecular weight excluding hydrogens is 334 g/mol. The Labute approximate surface area is 152 Å². The van der Waals surface area contributed by atoms with E-state index in [4.69, 9.17) is 14.2 Å². The van der Waals surface area contributed by atoms with Crippen molar-refractivity contribution in [2.24, 2.45) is 7.05 Å². The number of carbonyl (C=O) groups is 1. The minimum Gasteiger partial charge on any atom is -0.481 e. The van der Waals surface area contributed by atoms with E-state index in [0.717, 1.165) is 31.4 Å². The van der Waals surface area contributed by atoms with Gasteiger partial charge in [0.25, 0.3) is 5.91 Å². The quantitative estimate of drug-likeness (QED) is 0.842. The number of fused-ring (bicyclic) bond motifs is 1. The molecule has 138 valence electrons. The van der Waals surface area contributed by atoms with Crippen LogP contribution in [0.15, 0.2) is 30.6 Å². The molecular formula is C19H23N3O4. The van der Waals surface area contributed by atoms with Crippen LogP contribution in [0.25, 0.3) is 0 Å². The Kier molecular flexibility index (Phi) is 4.44. The van der Waals surface area contributed by atoms with Crippen molar-refractivity contribution in [2.45, 2.75) is 38.3 Å². The topological polar surface area (TPSA) is 65.8 Å². The molecule has 1 saturated heterocycles. The molecule has 1 amide bonds. The van der Waals surface area contributed by atoms with E-state index in [-0.39, 0.29) is 18.7 Å². The summed E-state index contributed by atoms with van der Waals surface area (Å²) in [4.78, 5) is 15.0. The predicted octanol–water partition coefficient (Wildman–Crippen LogP) is 2.67. The zero-order chi connectivity index (χ0) is 18.1. The minimum absolute atomic E-state index is 0.00350. The standard InChI is InChI=1S/C19H23N3O4/c1-13(26-15-6-7-17-18(9-15)25-12-24-17)19(23)22-8-4-3-5-16(22)14-10-20-21(2)11-14/h6-7,9-11,13,16H,3-5,8,12H2,1-2H3/t13-,16-/m0/s1. The fourth-order valence-corrected chi connectivity index (χ4v) is 3.59. The summed E-state index contributed by atoms with van der Waals surface area (Å²) in [6.07, 6.45) is 6.33. The van der Waals surface area contributed by atoms with Gasteiger partial charge >= 0.3 is 0 Å². The molecule has 2 aliphatic heterocycles. The van der Waals surface area contributed by atoms with E-state index >= 15 is 0 Å². The van der Waals surface area contributed by atoms with Gasteiger partial charge in [-0.15, -0.1) is 0 Å². The van der Waals surface area contributed by atoms with Crippen LogP contribution in [0.3, 0.4) is 0 Å². The number of carbonyl (C=O) groups excluding carboxylic acids is 1. The van der Waals surface area contributed by atoms with E-state index in [0.29, 0.717) is 17.2 Å². The molecule has 1 aromatic carbocycles. The van der Waals surface area contributed by atoms with Crippen molar-refractivity contribution in [2.75, 3.05) is 13.3 Å². The van der Waals surface area contributed by atoms with Gasteiger partial charge in [-0.3, -0.25) is 9.48 Å². The Morgan fingerprint density at radius 2 is 2.15 bits per heavy atom. The first-order valence-corrected chi connectivity index (χ1v) is 8.97. The molecule has 2 atom stereocenters. The van der Waals surface area contributed by atoms with Crippen LogP contribution in [0.5, 0.6) is 17.2 Å². The van der Waals surface area contributed by atoms with Crippen molar-refractivity contribution in [1.29, 1.82) is 0 Å². The SMILES string of the molecule is C[C@H](Oc1ccc2c(c1)OCO2)C(=O)N1CCCC[C@H]1c1cnn(C)c1. The van der Waals surface area contributed by atoms with Crippen molar-refractivity contribution in [3.63, 3.8) is 0 Å². The number of likely N-dealkylation sites (tertiary alicyclic amines) is 1. The molecule has 0 aliphatic carbocycles. The molecule has 4 rings (SSSR count). The second-order valence-corrected chi connectivity index (χ2v) is 6.77. The summed E-state index contributed by atoms with van der Waals surface area (Å²) >= 11 is 0. The first-order chi connectivity index (χ1) is 12.6. The van der Waals surface area contributed by atoms with Crippen molar-refractivity contribution in [1.82, 2.24) is 14.7 Å². The molecule has 2 aromatic rings. The molecule has 26 heavy (non-hydrogen) atoms. The van der Waals surface area contributed by atoms with E-state index in [9.17, 15) is 4.79 Å². The number of aryl methyl sites for hydroxylation is 1. The van der Waals surface area contributed by atoms with Gasteiger partial charge in [-0.2, -0.15) is 5.10 Å². The molecule has 0 radical (unpaired) electrons. The Morgan fingerprint density at radius 3 is 2.96 bits per heavy atom. The summed E-state index contributed by atoms with van der Waals surface area (Å²) in [7, 11) is 1.89. The van der Waals surface area contributed by atoms with Gasteiger partial charge in [0.15, 0.2) is 17.6 Å². The minimum atomic E-state index is -0.576. The predicted molar refractivity (Wildman–Crippen MR) is 94.2 cm³/mol. The molecule has 0 N–H and O–H groups in total. The second-order valence-electron chi connectivity index (χ2n) is 6.77. The van der Waals surface area contributed by atoms with Crippen LogP contribution in [0.4, 0.5) is 0 Å². The van der Waals surface area contributed by atoms with Crippen molar-refractivity contribution < 1.29 is 19.0 Å². The number of aromatic nitrogens is 2. The van der Waals surface area contributed by atoms with Crippen LogP contribution in [0.1, 0.15) is 37.8 Å². The van der Waals surface area contributed by atoms with Gasteiger partial charge < -0.3 is 19.1 Å². The monoisotopic (exact) mass is 357 g/mol. The van der Waals surface area contributed by atoms with Gasteiger partial charge in [-0.1, -0.05) is 0 Å². The number of ether oxygens (including phenoxy) is 3. The number of piperidine rings is 1. The van der Waals surface area contributed by atoms with Crippen molar-refractivity contribution >= 4 is 5.91 Å². The Bertz CT molecular complexity index is 804. The van der Waals surface area contributed by atoms with Gasteiger partial charge in [-0.25, -0.2) is 0 Å². The Hall–Kier alpha value is -2.70. The molecule has 7 nitrogen and oxygen atoms in total. The third kappa shape index (κ3) is 3.21. The lowest BCUT2D eigenvalue weighted by Gasteiger charge is -2.36. The molecule has 1 aromatic heterocycles. The highest BCUT2D eigenvalue weighted by Crippen LogP contribution is 2.36. The van der Waals surface area contributed by atoms with Gasteiger partial charge in [0, 0.05) is 31.4 Å². The lowest BCUT2D eigenvalue weighted by molar-refractivity contribution is -0.142. The van der Waals surface area contributed by atoms with Crippen LogP contribution < -0.4 is 14.2 Å². The molecule has 0 saturated carbocycles. The van der Waals surface area contributed by atoms with Gasteiger partial charge in [0.2, 0.25) is 6.79 Å². The molecule has 7 heteroatoms. The number of benzene rings is 1. The van der Waals surface area contributed by atoms with E-state index in [2.05, 4.69) is 5.10 Å². The largest absolute Gasteiger partial charge is 0.481 e. The third-order valence-corrected chi connectivity index (χ3v) is 4.90. The number of rotatable bonds is 4. The zero-order valence-electron chi connectivity index (χ0n) is 15.1. The van der Waals surface area contributed by atoms with Gasteiger partial charge in [0.05, 0.1) is 12.2 Å². The first-order valence-electron chi connectivity index (χ1n) is 8.97. The van der Waals surface area contributed by atoms with E-state index < -0.39 is 6.10 Å². The summed E-state index contributed by atoms with van der Waals surface area (Å²) in [6, 6.07) is 5.43. The van der Waals surface area contributed by atoms with E-state index in [1.807, 2.05) is 24.3 Å². The summed E-state index contributed by atoms with van der Waals surface area (Å²) in [5.74, 6) is 1.94. The number of hydrogen-bond donors (Lipinski definition) is 0. The fraction of sp³-hybridized carbons (Fsp3) is 0.474. The van der Waals surface area contributed by atoms with Crippen LogP contribution >= 0.6 is 0 Å². The third-order valence-electron chi connectivity index (χ3n) is 4.90. The van der Waals surface area contributed by atoms with E-state index in [1.54, 1.807) is 29.8 Å². The normalized spacial score (nSPS) is 20.1. The van der Waals surface area contributed by atoms with Crippen LogP contribution in [0.2, 0.25) is 0 Å². The summed E-state index contributed by atoms with van der Waals surface area (Å²) < 4.78 is 18.3.